The van der Waals surface area contributed by atoms with E-state index in [2.05, 4.69) is 35.2 Å². The molecule has 0 aliphatic carbocycles. The summed E-state index contributed by atoms with van der Waals surface area (Å²) in [6.45, 7) is 2.12. The summed E-state index contributed by atoms with van der Waals surface area (Å²) in [6, 6.07) is 13.7. The van der Waals surface area contributed by atoms with Crippen molar-refractivity contribution in [1.82, 2.24) is 3.93 Å². The molecule has 0 fully saturated rings. The molecular formula is C20H18BrCl2NOS. The largest absolute Gasteiger partial charge is 0.466 e. The number of allylic oxidation sites excluding steroid dienone is 1. The summed E-state index contributed by atoms with van der Waals surface area (Å²) in [5.74, 6) is 1.67. The number of halogens is 3. The van der Waals surface area contributed by atoms with Gasteiger partial charge in [0.05, 0.1) is 26.2 Å². The maximum absolute atomic E-state index is 6.24. The molecule has 2 aromatic carbocycles. The zero-order valence-corrected chi connectivity index (χ0v) is 18.1. The summed E-state index contributed by atoms with van der Waals surface area (Å²) in [6.07, 6.45) is 6.88. The monoisotopic (exact) mass is 469 g/mol. The average molecular weight is 471 g/mol. The molecule has 1 unspecified atom stereocenters. The predicted octanol–water partition coefficient (Wildman–Crippen LogP) is 7.12. The van der Waals surface area contributed by atoms with Crippen LogP contribution in [-0.2, 0) is 6.42 Å². The molecule has 0 saturated heterocycles. The first-order chi connectivity index (χ1) is 12.6. The molecule has 6 heteroatoms. The molecule has 26 heavy (non-hydrogen) atoms. The van der Waals surface area contributed by atoms with E-state index in [1.165, 1.54) is 5.56 Å². The van der Waals surface area contributed by atoms with Gasteiger partial charge in [0.2, 0.25) is 6.23 Å². The van der Waals surface area contributed by atoms with Gasteiger partial charge in [-0.05, 0) is 41.8 Å². The lowest BCUT2D eigenvalue weighted by molar-refractivity contribution is 0.171. The number of ether oxygens (including phenoxy) is 1. The third-order valence-corrected chi connectivity index (χ3v) is 6.58. The van der Waals surface area contributed by atoms with Crippen molar-refractivity contribution in [2.45, 2.75) is 24.5 Å². The van der Waals surface area contributed by atoms with Gasteiger partial charge in [0.25, 0.3) is 0 Å². The molecular weight excluding hydrogens is 453 g/mol. The van der Waals surface area contributed by atoms with Crippen LogP contribution in [0.5, 0.6) is 5.75 Å². The number of rotatable bonds is 6. The Labute approximate surface area is 177 Å². The number of benzene rings is 2. The van der Waals surface area contributed by atoms with Gasteiger partial charge in [-0.2, -0.15) is 0 Å². The molecule has 0 radical (unpaired) electrons. The van der Waals surface area contributed by atoms with E-state index in [1.54, 1.807) is 11.8 Å². The number of hydrogen-bond acceptors (Lipinski definition) is 3. The first-order valence-electron chi connectivity index (χ1n) is 8.23. The molecule has 0 spiro atoms. The quantitative estimate of drug-likeness (QED) is 0.329. The highest BCUT2D eigenvalue weighted by Crippen LogP contribution is 2.35. The van der Waals surface area contributed by atoms with Crippen molar-refractivity contribution in [3.05, 3.63) is 82.0 Å². The van der Waals surface area contributed by atoms with Gasteiger partial charge in [0.15, 0.2) is 0 Å². The van der Waals surface area contributed by atoms with Gasteiger partial charge in [0, 0.05) is 16.8 Å². The predicted molar refractivity (Wildman–Crippen MR) is 115 cm³/mol. The lowest BCUT2D eigenvalue weighted by atomic mass is 10.1. The Morgan fingerprint density at radius 1 is 1.12 bits per heavy atom. The molecule has 136 valence electrons. The van der Waals surface area contributed by atoms with Crippen molar-refractivity contribution >= 4 is 51.1 Å². The van der Waals surface area contributed by atoms with Crippen LogP contribution in [0.1, 0.15) is 12.5 Å². The third kappa shape index (κ3) is 4.80. The summed E-state index contributed by atoms with van der Waals surface area (Å²) in [5.41, 5.74) is 2.34. The van der Waals surface area contributed by atoms with E-state index in [1.807, 2.05) is 52.6 Å². The van der Waals surface area contributed by atoms with Crippen molar-refractivity contribution in [1.29, 1.82) is 0 Å². The standard InChI is InChI=1S/C20H18BrCl2NOS/c1-2-15-6-3-4-9-18(15)25-19-11-10-14(12-24(19)21)13-26-20-16(22)7-5-8-17(20)23/h3-12,19H,2,13H2,1H3. The Bertz CT molecular complexity index is 820. The van der Waals surface area contributed by atoms with Gasteiger partial charge in [-0.15, -0.1) is 11.8 Å². The van der Waals surface area contributed by atoms with E-state index in [-0.39, 0.29) is 6.23 Å². The minimum absolute atomic E-state index is 0.194. The van der Waals surface area contributed by atoms with Crippen molar-refractivity contribution in [2.75, 3.05) is 5.75 Å². The number of para-hydroxylation sites is 1. The molecule has 0 saturated carbocycles. The lowest BCUT2D eigenvalue weighted by Crippen LogP contribution is -2.29. The minimum Gasteiger partial charge on any atom is -0.466 e. The lowest BCUT2D eigenvalue weighted by Gasteiger charge is -2.27. The van der Waals surface area contributed by atoms with E-state index >= 15 is 0 Å². The Balaban J connectivity index is 1.64. The molecule has 1 aliphatic heterocycles. The summed E-state index contributed by atoms with van der Waals surface area (Å²) >= 11 is 17.7. The van der Waals surface area contributed by atoms with E-state index < -0.39 is 0 Å². The van der Waals surface area contributed by atoms with Gasteiger partial charge in [-0.1, -0.05) is 60.5 Å². The number of nitrogens with zero attached hydrogens (tertiary/aromatic N) is 1. The zero-order chi connectivity index (χ0) is 18.5. The second-order valence-electron chi connectivity index (χ2n) is 5.72. The van der Waals surface area contributed by atoms with Crippen LogP contribution in [0.15, 0.2) is 71.3 Å². The van der Waals surface area contributed by atoms with Crippen LogP contribution < -0.4 is 4.74 Å². The van der Waals surface area contributed by atoms with E-state index in [0.717, 1.165) is 28.4 Å². The average Bonchev–Trinajstić information content (AvgIpc) is 2.64. The topological polar surface area (TPSA) is 12.5 Å². The highest BCUT2D eigenvalue weighted by molar-refractivity contribution is 9.07. The highest BCUT2D eigenvalue weighted by atomic mass is 79.9. The molecule has 0 N–H and O–H groups in total. The first kappa shape index (κ1) is 19.7. The zero-order valence-electron chi connectivity index (χ0n) is 14.2. The normalized spacial score (nSPS) is 16.5. The Morgan fingerprint density at radius 2 is 1.85 bits per heavy atom. The molecule has 0 bridgehead atoms. The van der Waals surface area contributed by atoms with Crippen LogP contribution >= 0.6 is 51.1 Å². The number of hydrogen-bond donors (Lipinski definition) is 0. The Kier molecular flexibility index (Phi) is 6.98. The van der Waals surface area contributed by atoms with Crippen LogP contribution in [0.2, 0.25) is 10.0 Å². The summed E-state index contributed by atoms with van der Waals surface area (Å²) in [5, 5.41) is 1.35. The van der Waals surface area contributed by atoms with Gasteiger partial charge in [-0.3, -0.25) is 3.93 Å². The smallest absolute Gasteiger partial charge is 0.200 e. The molecule has 1 heterocycles. The summed E-state index contributed by atoms with van der Waals surface area (Å²) < 4.78 is 8.03. The maximum Gasteiger partial charge on any atom is 0.200 e. The van der Waals surface area contributed by atoms with Gasteiger partial charge in [0.1, 0.15) is 5.75 Å². The van der Waals surface area contributed by atoms with E-state index in [4.69, 9.17) is 27.9 Å². The van der Waals surface area contributed by atoms with Crippen molar-refractivity contribution in [3.8, 4) is 5.75 Å². The molecule has 3 rings (SSSR count). The Morgan fingerprint density at radius 3 is 2.54 bits per heavy atom. The second-order valence-corrected chi connectivity index (χ2v) is 8.34. The molecule has 1 atom stereocenters. The van der Waals surface area contributed by atoms with Crippen LogP contribution in [0.25, 0.3) is 0 Å². The molecule has 0 aromatic heterocycles. The summed E-state index contributed by atoms with van der Waals surface area (Å²) in [7, 11) is 0. The van der Waals surface area contributed by atoms with Crippen molar-refractivity contribution in [2.24, 2.45) is 0 Å². The van der Waals surface area contributed by atoms with E-state index in [0.29, 0.717) is 10.0 Å². The third-order valence-electron chi connectivity index (χ3n) is 3.91. The van der Waals surface area contributed by atoms with Gasteiger partial charge in [-0.25, -0.2) is 0 Å². The van der Waals surface area contributed by atoms with Crippen LogP contribution in [0.3, 0.4) is 0 Å². The number of aryl methyl sites for hydroxylation is 1. The second kappa shape index (κ2) is 9.23. The SMILES string of the molecule is CCc1ccccc1OC1C=CC(CSc2c(Cl)cccc2Cl)=CN1Br. The van der Waals surface area contributed by atoms with Gasteiger partial charge < -0.3 is 4.74 Å². The minimum atomic E-state index is -0.194. The Hall–Kier alpha value is -1.07. The van der Waals surface area contributed by atoms with Crippen LogP contribution in [0.4, 0.5) is 0 Å². The highest BCUT2D eigenvalue weighted by Gasteiger charge is 2.18. The fourth-order valence-electron chi connectivity index (χ4n) is 2.55. The van der Waals surface area contributed by atoms with Gasteiger partial charge >= 0.3 is 0 Å². The van der Waals surface area contributed by atoms with E-state index in [9.17, 15) is 0 Å². The number of thioether (sulfide) groups is 1. The molecule has 0 amide bonds. The molecule has 1 aliphatic rings. The maximum atomic E-state index is 6.24. The summed E-state index contributed by atoms with van der Waals surface area (Å²) in [4.78, 5) is 0.904. The molecule has 2 nitrogen and oxygen atoms in total. The van der Waals surface area contributed by atoms with Crippen molar-refractivity contribution < 1.29 is 4.74 Å². The van der Waals surface area contributed by atoms with Crippen LogP contribution in [0, 0.1) is 0 Å². The molecule has 2 aromatic rings. The first-order valence-corrected chi connectivity index (χ1v) is 10.7. The van der Waals surface area contributed by atoms with Crippen molar-refractivity contribution in [3.63, 3.8) is 0 Å². The fraction of sp³-hybridized carbons (Fsp3) is 0.200. The fourth-order valence-corrected chi connectivity index (χ4v) is 4.66. The van der Waals surface area contributed by atoms with Crippen LogP contribution in [-0.4, -0.2) is 15.9 Å².